The summed E-state index contributed by atoms with van der Waals surface area (Å²) in [5, 5.41) is 14.0. The third-order valence-electron chi connectivity index (χ3n) is 4.99. The number of sulfonamides is 1. The number of rotatable bonds is 6. The van der Waals surface area contributed by atoms with Gasteiger partial charge >= 0.3 is 0 Å². The smallest absolute Gasteiger partial charge is 0.251 e. The Hall–Kier alpha value is -2.78. The second-order valence-electron chi connectivity index (χ2n) is 6.74. The molecule has 30 heavy (non-hydrogen) atoms. The monoisotopic (exact) mass is 447 g/mol. The summed E-state index contributed by atoms with van der Waals surface area (Å²) in [6, 6.07) is 9.04. The van der Waals surface area contributed by atoms with Gasteiger partial charge in [0, 0.05) is 26.2 Å². The van der Waals surface area contributed by atoms with Gasteiger partial charge in [-0.15, -0.1) is 11.3 Å². The first kappa shape index (κ1) is 21.9. The first-order chi connectivity index (χ1) is 14.3. The zero-order valence-corrected chi connectivity index (χ0v) is 17.9. The van der Waals surface area contributed by atoms with E-state index in [0.29, 0.717) is 18.1 Å². The molecule has 1 atom stereocenters. The van der Waals surface area contributed by atoms with E-state index in [4.69, 9.17) is 5.73 Å². The molecule has 1 aliphatic rings. The first-order valence-corrected chi connectivity index (χ1v) is 11.5. The average Bonchev–Trinajstić information content (AvgIpc) is 3.21. The molecule has 0 unspecified atom stereocenters. The molecule has 3 N–H and O–H groups in total. The Morgan fingerprint density at radius 3 is 2.50 bits per heavy atom. The fraction of sp³-hybridized carbons (Fsp3) is 0.316. The number of nitrogens with two attached hydrogens (primary N) is 1. The summed E-state index contributed by atoms with van der Waals surface area (Å²) >= 11 is 1.21. The van der Waals surface area contributed by atoms with Gasteiger partial charge in [0.2, 0.25) is 15.9 Å². The number of piperazine rings is 1. The topological polar surface area (TPSA) is 137 Å². The van der Waals surface area contributed by atoms with E-state index in [0.717, 1.165) is 0 Å². The zero-order chi connectivity index (χ0) is 21.9. The lowest BCUT2D eigenvalue weighted by atomic mass is 10.2. The average molecular weight is 448 g/mol. The lowest BCUT2D eigenvalue weighted by Gasteiger charge is -2.36. The molecule has 0 saturated carbocycles. The Labute approximate surface area is 178 Å². The summed E-state index contributed by atoms with van der Waals surface area (Å²) in [4.78, 5) is 25.9. The third-order valence-corrected chi connectivity index (χ3v) is 7.78. The van der Waals surface area contributed by atoms with Crippen molar-refractivity contribution < 1.29 is 18.0 Å². The van der Waals surface area contributed by atoms with Crippen molar-refractivity contribution in [3.63, 3.8) is 0 Å². The van der Waals surface area contributed by atoms with Crippen LogP contribution in [0.3, 0.4) is 0 Å². The first-order valence-electron chi connectivity index (χ1n) is 9.17. The molecule has 9 nitrogen and oxygen atoms in total. The fourth-order valence-electron chi connectivity index (χ4n) is 3.24. The lowest BCUT2D eigenvalue weighted by molar-refractivity contribution is -0.121. The molecule has 0 radical (unpaired) electrons. The van der Waals surface area contributed by atoms with E-state index < -0.39 is 22.0 Å². The number of anilines is 1. The Kier molecular flexibility index (Phi) is 6.52. The van der Waals surface area contributed by atoms with Crippen molar-refractivity contribution in [3.05, 3.63) is 46.8 Å². The van der Waals surface area contributed by atoms with E-state index >= 15 is 0 Å². The standard InChI is InChI=1S/C19H21N5O4S2/c1-13(18(26)22-19-15(17(21)25)6-11-29-19)23-7-9-24(10-8-23)30(27,28)16-5-3-2-4-14(16)12-20/h2-6,11,13H,7-10H2,1H3,(H2,21,25)(H,22,26)/t13-/m1/s1. The second kappa shape index (κ2) is 8.93. The maximum atomic E-state index is 12.9. The van der Waals surface area contributed by atoms with Crippen LogP contribution in [0.2, 0.25) is 0 Å². The van der Waals surface area contributed by atoms with Crippen LogP contribution >= 0.6 is 11.3 Å². The predicted octanol–water partition coefficient (Wildman–Crippen LogP) is 1.05. The van der Waals surface area contributed by atoms with Crippen molar-refractivity contribution in [2.24, 2.45) is 5.73 Å². The van der Waals surface area contributed by atoms with E-state index in [1.165, 1.54) is 27.8 Å². The summed E-state index contributed by atoms with van der Waals surface area (Å²) in [6.45, 7) is 2.84. The van der Waals surface area contributed by atoms with Crippen molar-refractivity contribution in [1.82, 2.24) is 9.21 Å². The zero-order valence-electron chi connectivity index (χ0n) is 16.2. The summed E-state index contributed by atoms with van der Waals surface area (Å²) in [7, 11) is -3.80. The molecule has 1 fully saturated rings. The molecule has 158 valence electrons. The van der Waals surface area contributed by atoms with Crippen LogP contribution < -0.4 is 11.1 Å². The lowest BCUT2D eigenvalue weighted by Crippen LogP contribution is -2.54. The number of hydrogen-bond donors (Lipinski definition) is 2. The van der Waals surface area contributed by atoms with E-state index in [1.807, 2.05) is 11.0 Å². The molecule has 0 aliphatic carbocycles. The van der Waals surface area contributed by atoms with Gasteiger partial charge in [0.15, 0.2) is 0 Å². The summed E-state index contributed by atoms with van der Waals surface area (Å²) < 4.78 is 27.2. The maximum absolute atomic E-state index is 12.9. The fourth-order valence-corrected chi connectivity index (χ4v) is 5.60. The van der Waals surface area contributed by atoms with Crippen LogP contribution in [0.25, 0.3) is 0 Å². The summed E-state index contributed by atoms with van der Waals surface area (Å²) in [5.41, 5.74) is 5.66. The molecule has 1 aromatic heterocycles. The molecule has 0 bridgehead atoms. The van der Waals surface area contributed by atoms with Gasteiger partial charge in [-0.3, -0.25) is 14.5 Å². The Balaban J connectivity index is 1.65. The van der Waals surface area contributed by atoms with Crippen molar-refractivity contribution in [2.45, 2.75) is 17.9 Å². The van der Waals surface area contributed by atoms with Crippen LogP contribution in [-0.4, -0.2) is 61.7 Å². The van der Waals surface area contributed by atoms with E-state index in [2.05, 4.69) is 5.32 Å². The number of benzene rings is 1. The SMILES string of the molecule is C[C@H](C(=O)Nc1sccc1C(N)=O)N1CCN(S(=O)(=O)c2ccccc2C#N)CC1. The van der Waals surface area contributed by atoms with Crippen molar-refractivity contribution in [3.8, 4) is 6.07 Å². The predicted molar refractivity (Wildman–Crippen MR) is 112 cm³/mol. The van der Waals surface area contributed by atoms with Gasteiger partial charge in [0.05, 0.1) is 22.1 Å². The second-order valence-corrected chi connectivity index (χ2v) is 9.56. The van der Waals surface area contributed by atoms with Gasteiger partial charge in [-0.05, 0) is 30.5 Å². The Morgan fingerprint density at radius 2 is 1.87 bits per heavy atom. The minimum Gasteiger partial charge on any atom is -0.366 e. The number of nitrogens with zero attached hydrogens (tertiary/aromatic N) is 3. The van der Waals surface area contributed by atoms with Crippen LogP contribution in [0.1, 0.15) is 22.8 Å². The van der Waals surface area contributed by atoms with Crippen molar-refractivity contribution in [1.29, 1.82) is 5.26 Å². The summed E-state index contributed by atoms with van der Waals surface area (Å²) in [6.07, 6.45) is 0. The normalized spacial score (nSPS) is 16.5. The maximum Gasteiger partial charge on any atom is 0.251 e. The highest BCUT2D eigenvalue weighted by Gasteiger charge is 2.33. The molecule has 2 aromatic rings. The van der Waals surface area contributed by atoms with Gasteiger partial charge in [-0.2, -0.15) is 9.57 Å². The minimum atomic E-state index is -3.80. The van der Waals surface area contributed by atoms with E-state index in [9.17, 15) is 23.3 Å². The molecule has 1 aromatic carbocycles. The number of nitrogens with one attached hydrogen (secondary N) is 1. The van der Waals surface area contributed by atoms with Crippen molar-refractivity contribution in [2.75, 3.05) is 31.5 Å². The molecular weight excluding hydrogens is 426 g/mol. The summed E-state index contributed by atoms with van der Waals surface area (Å²) in [5.74, 6) is -0.915. The number of primary amides is 1. The highest BCUT2D eigenvalue weighted by atomic mass is 32.2. The highest BCUT2D eigenvalue weighted by molar-refractivity contribution is 7.89. The molecule has 2 amide bonds. The number of carbonyl (C=O) groups is 2. The molecule has 1 saturated heterocycles. The largest absolute Gasteiger partial charge is 0.366 e. The van der Waals surface area contributed by atoms with Crippen LogP contribution in [0, 0.1) is 11.3 Å². The molecule has 11 heteroatoms. The Bertz CT molecular complexity index is 1100. The molecule has 3 rings (SSSR count). The highest BCUT2D eigenvalue weighted by Crippen LogP contribution is 2.24. The van der Waals surface area contributed by atoms with Gasteiger partial charge in [-0.25, -0.2) is 8.42 Å². The number of thiophene rings is 1. The number of carbonyl (C=O) groups excluding carboxylic acids is 2. The van der Waals surface area contributed by atoms with Crippen LogP contribution in [-0.2, 0) is 14.8 Å². The molecule has 2 heterocycles. The number of hydrogen-bond acceptors (Lipinski definition) is 7. The number of amides is 2. The van der Waals surface area contributed by atoms with Gasteiger partial charge in [-0.1, -0.05) is 12.1 Å². The molecule has 0 spiro atoms. The van der Waals surface area contributed by atoms with Gasteiger partial charge in [0.25, 0.3) is 5.91 Å². The van der Waals surface area contributed by atoms with Crippen LogP contribution in [0.4, 0.5) is 5.00 Å². The van der Waals surface area contributed by atoms with Gasteiger partial charge in [0.1, 0.15) is 11.1 Å². The Morgan fingerprint density at radius 1 is 1.20 bits per heavy atom. The van der Waals surface area contributed by atoms with Gasteiger partial charge < -0.3 is 11.1 Å². The van der Waals surface area contributed by atoms with E-state index in [-0.39, 0.29) is 35.0 Å². The van der Waals surface area contributed by atoms with Crippen LogP contribution in [0.5, 0.6) is 0 Å². The molecule has 1 aliphatic heterocycles. The minimum absolute atomic E-state index is 0.0107. The number of nitriles is 1. The quantitative estimate of drug-likeness (QED) is 0.679. The van der Waals surface area contributed by atoms with Crippen LogP contribution in [0.15, 0.2) is 40.6 Å². The third kappa shape index (κ3) is 4.36. The van der Waals surface area contributed by atoms with E-state index in [1.54, 1.807) is 30.5 Å². The van der Waals surface area contributed by atoms with Crippen molar-refractivity contribution >= 4 is 38.2 Å². The molecular formula is C19H21N5O4S2.